The molecule has 1 heterocycles. The predicted molar refractivity (Wildman–Crippen MR) is 85.7 cm³/mol. The predicted octanol–water partition coefficient (Wildman–Crippen LogP) is 2.62. The van der Waals surface area contributed by atoms with Gasteiger partial charge in [-0.1, -0.05) is 29.8 Å². The van der Waals surface area contributed by atoms with E-state index in [1.165, 1.54) is 23.9 Å². The van der Waals surface area contributed by atoms with Gasteiger partial charge in [0, 0.05) is 10.2 Å². The number of carboxylic acids is 1. The first-order valence-corrected chi connectivity index (χ1v) is 9.67. The van der Waals surface area contributed by atoms with Crippen LogP contribution in [-0.2, 0) is 14.8 Å². The number of hydrogen-bond donors (Lipinski definition) is 1. The van der Waals surface area contributed by atoms with Gasteiger partial charge in [-0.15, -0.1) is 11.8 Å². The van der Waals surface area contributed by atoms with E-state index >= 15 is 0 Å². The third-order valence-corrected chi connectivity index (χ3v) is 7.42. The molecule has 0 radical (unpaired) electrons. The van der Waals surface area contributed by atoms with Gasteiger partial charge in [0.1, 0.15) is 6.04 Å². The Hall–Kier alpha value is -0.570. The smallest absolute Gasteiger partial charge is 0.322 e. The quantitative estimate of drug-likeness (QED) is 0.850. The van der Waals surface area contributed by atoms with E-state index in [2.05, 4.69) is 15.9 Å². The molecular formula is C13H16BrNO4S2. The number of nitrogens with zero attached hydrogens (tertiary/aromatic N) is 1. The second-order valence-electron chi connectivity index (χ2n) is 5.11. The highest BCUT2D eigenvalue weighted by Crippen LogP contribution is 2.38. The highest BCUT2D eigenvalue weighted by atomic mass is 79.9. The van der Waals surface area contributed by atoms with Gasteiger partial charge >= 0.3 is 5.97 Å². The van der Waals surface area contributed by atoms with Crippen molar-refractivity contribution in [1.82, 2.24) is 4.31 Å². The molecule has 0 spiro atoms. The molecule has 8 heteroatoms. The van der Waals surface area contributed by atoms with Crippen LogP contribution in [0.2, 0.25) is 0 Å². The third-order valence-electron chi connectivity index (χ3n) is 3.23. The molecule has 116 valence electrons. The summed E-state index contributed by atoms with van der Waals surface area (Å²) >= 11 is 4.64. The zero-order valence-corrected chi connectivity index (χ0v) is 14.8. The van der Waals surface area contributed by atoms with E-state index in [9.17, 15) is 18.3 Å². The van der Waals surface area contributed by atoms with Crippen LogP contribution >= 0.6 is 27.7 Å². The number of halogens is 1. The minimum absolute atomic E-state index is 0.0320. The topological polar surface area (TPSA) is 74.7 Å². The lowest BCUT2D eigenvalue weighted by atomic mass is 10.2. The number of rotatable bonds is 4. The van der Waals surface area contributed by atoms with Crippen LogP contribution in [-0.4, -0.2) is 41.0 Å². The van der Waals surface area contributed by atoms with Crippen LogP contribution in [0.25, 0.3) is 0 Å². The molecule has 1 aromatic rings. The highest BCUT2D eigenvalue weighted by molar-refractivity contribution is 9.10. The summed E-state index contributed by atoms with van der Waals surface area (Å²) in [4.78, 5) is 11.5. The van der Waals surface area contributed by atoms with Gasteiger partial charge in [0.15, 0.2) is 0 Å². The average molecular weight is 394 g/mol. The molecule has 2 rings (SSSR count). The van der Waals surface area contributed by atoms with Gasteiger partial charge in [-0.05, 0) is 30.2 Å². The maximum atomic E-state index is 12.8. The van der Waals surface area contributed by atoms with Crippen LogP contribution in [0, 0.1) is 5.92 Å². The normalized spacial score (nSPS) is 23.6. The molecule has 1 saturated heterocycles. The number of hydrogen-bond acceptors (Lipinski definition) is 4. The van der Waals surface area contributed by atoms with Gasteiger partial charge in [0.25, 0.3) is 0 Å². The molecule has 1 N–H and O–H groups in total. The summed E-state index contributed by atoms with van der Waals surface area (Å²) < 4.78 is 27.5. The molecule has 1 aromatic carbocycles. The fourth-order valence-electron chi connectivity index (χ4n) is 2.21. The zero-order valence-electron chi connectivity index (χ0n) is 11.6. The molecule has 0 aromatic heterocycles. The van der Waals surface area contributed by atoms with Gasteiger partial charge < -0.3 is 5.11 Å². The molecule has 21 heavy (non-hydrogen) atoms. The second-order valence-corrected chi connectivity index (χ2v) is 9.02. The maximum Gasteiger partial charge on any atom is 0.322 e. The van der Waals surface area contributed by atoms with Crippen molar-refractivity contribution in [1.29, 1.82) is 0 Å². The first-order valence-electron chi connectivity index (χ1n) is 6.38. The molecule has 0 amide bonds. The van der Waals surface area contributed by atoms with Crippen molar-refractivity contribution in [3.05, 3.63) is 28.7 Å². The summed E-state index contributed by atoms with van der Waals surface area (Å²) in [6, 6.07) is 5.22. The lowest BCUT2D eigenvalue weighted by Gasteiger charge is -2.28. The Morgan fingerprint density at radius 1 is 1.38 bits per heavy atom. The molecular weight excluding hydrogens is 378 g/mol. The standard InChI is InChI=1S/C13H16BrNO4S2/c1-8(2)12-15(11(7-20-12)13(16)17)21(18,19)10-5-3-9(14)4-6-10/h3-6,8,11-12H,7H2,1-2H3,(H,16,17). The number of sulfonamides is 1. The van der Waals surface area contributed by atoms with Gasteiger partial charge in [-0.2, -0.15) is 4.31 Å². The average Bonchev–Trinajstić information content (AvgIpc) is 2.84. The van der Waals surface area contributed by atoms with Crippen LogP contribution in [0.15, 0.2) is 33.6 Å². The Morgan fingerprint density at radius 2 is 1.95 bits per heavy atom. The van der Waals surface area contributed by atoms with Crippen LogP contribution in [0.5, 0.6) is 0 Å². The lowest BCUT2D eigenvalue weighted by Crippen LogP contribution is -2.46. The van der Waals surface area contributed by atoms with Crippen molar-refractivity contribution in [2.75, 3.05) is 5.75 Å². The van der Waals surface area contributed by atoms with Gasteiger partial charge in [-0.3, -0.25) is 4.79 Å². The van der Waals surface area contributed by atoms with Gasteiger partial charge in [0.05, 0.1) is 10.3 Å². The largest absolute Gasteiger partial charge is 0.480 e. The van der Waals surface area contributed by atoms with Crippen molar-refractivity contribution in [3.63, 3.8) is 0 Å². The van der Waals surface area contributed by atoms with Crippen molar-refractivity contribution >= 4 is 43.7 Å². The van der Waals surface area contributed by atoms with Crippen molar-refractivity contribution in [3.8, 4) is 0 Å². The van der Waals surface area contributed by atoms with Crippen molar-refractivity contribution in [2.45, 2.75) is 30.2 Å². The number of carboxylic acid groups (broad SMARTS) is 1. The summed E-state index contributed by atoms with van der Waals surface area (Å²) in [6.07, 6.45) is 0. The first-order chi connectivity index (χ1) is 9.75. The molecule has 2 unspecified atom stereocenters. The van der Waals surface area contributed by atoms with E-state index in [1.807, 2.05) is 13.8 Å². The Balaban J connectivity index is 2.47. The molecule has 5 nitrogen and oxygen atoms in total. The monoisotopic (exact) mass is 393 g/mol. The fourth-order valence-corrected chi connectivity index (χ4v) is 6.20. The van der Waals surface area contributed by atoms with Crippen LogP contribution in [0.3, 0.4) is 0 Å². The minimum Gasteiger partial charge on any atom is -0.480 e. The summed E-state index contributed by atoms with van der Waals surface area (Å²) in [5.41, 5.74) is 0. The number of benzene rings is 1. The zero-order chi connectivity index (χ0) is 15.8. The summed E-state index contributed by atoms with van der Waals surface area (Å²) in [7, 11) is -3.83. The third kappa shape index (κ3) is 3.28. The van der Waals surface area contributed by atoms with E-state index in [0.717, 1.165) is 8.78 Å². The Kier molecular flexibility index (Phi) is 5.02. The van der Waals surface area contributed by atoms with Crippen LogP contribution in [0.4, 0.5) is 0 Å². The highest BCUT2D eigenvalue weighted by Gasteiger charge is 2.47. The van der Waals surface area contributed by atoms with E-state index in [0.29, 0.717) is 0 Å². The molecule has 0 aliphatic carbocycles. The van der Waals surface area contributed by atoms with E-state index in [4.69, 9.17) is 0 Å². The number of carbonyl (C=O) groups is 1. The van der Waals surface area contributed by atoms with E-state index < -0.39 is 22.0 Å². The molecule has 1 aliphatic heterocycles. The van der Waals surface area contributed by atoms with E-state index in [1.54, 1.807) is 12.1 Å². The molecule has 1 aliphatic rings. The minimum atomic E-state index is -3.83. The SMILES string of the molecule is CC(C)C1SCC(C(=O)O)N1S(=O)(=O)c1ccc(Br)cc1. The Bertz CT molecular complexity index is 630. The molecule has 2 atom stereocenters. The number of aliphatic carboxylic acids is 1. The molecule has 0 bridgehead atoms. The summed E-state index contributed by atoms with van der Waals surface area (Å²) in [5.74, 6) is -0.801. The van der Waals surface area contributed by atoms with Gasteiger partial charge in [-0.25, -0.2) is 8.42 Å². The second kappa shape index (κ2) is 6.28. The van der Waals surface area contributed by atoms with Crippen molar-refractivity contribution < 1.29 is 18.3 Å². The van der Waals surface area contributed by atoms with Gasteiger partial charge in [0.2, 0.25) is 10.0 Å². The van der Waals surface area contributed by atoms with Crippen LogP contribution < -0.4 is 0 Å². The molecule has 1 fully saturated rings. The fraction of sp³-hybridized carbons (Fsp3) is 0.462. The maximum absolute atomic E-state index is 12.8. The van der Waals surface area contributed by atoms with Crippen molar-refractivity contribution in [2.24, 2.45) is 5.92 Å². The first kappa shape index (κ1) is 16.8. The summed E-state index contributed by atoms with van der Waals surface area (Å²) in [6.45, 7) is 3.79. The van der Waals surface area contributed by atoms with E-state index in [-0.39, 0.29) is 21.9 Å². The Labute approximate surface area is 136 Å². The lowest BCUT2D eigenvalue weighted by molar-refractivity contribution is -0.140. The summed E-state index contributed by atoms with van der Waals surface area (Å²) in [5, 5.41) is 8.95. The van der Waals surface area contributed by atoms with Crippen LogP contribution in [0.1, 0.15) is 13.8 Å². The number of thioether (sulfide) groups is 1. The Morgan fingerprint density at radius 3 is 2.43 bits per heavy atom. The molecule has 0 saturated carbocycles.